The molecule has 2 rings (SSSR count). The van der Waals surface area contributed by atoms with Gasteiger partial charge in [0.15, 0.2) is 0 Å². The topological polar surface area (TPSA) is 56.9 Å². The molecule has 0 aliphatic heterocycles. The lowest BCUT2D eigenvalue weighted by Crippen LogP contribution is -2.11. The number of aryl methyl sites for hydroxylation is 3. The SMILES string of the molecule is CCOCCCn1cc(C)nc1NCCc1cnn(C)c1. The number of hydrogen-bond acceptors (Lipinski definition) is 4. The maximum absolute atomic E-state index is 5.38. The second kappa shape index (κ2) is 7.83. The van der Waals surface area contributed by atoms with Crippen molar-refractivity contribution in [2.45, 2.75) is 33.2 Å². The molecule has 2 aromatic heterocycles. The molecule has 0 bridgehead atoms. The van der Waals surface area contributed by atoms with E-state index in [4.69, 9.17) is 4.74 Å². The summed E-state index contributed by atoms with van der Waals surface area (Å²) in [6.07, 6.45) is 7.97. The van der Waals surface area contributed by atoms with Crippen molar-refractivity contribution in [2.75, 3.05) is 25.1 Å². The van der Waals surface area contributed by atoms with E-state index in [-0.39, 0.29) is 0 Å². The fourth-order valence-electron chi connectivity index (χ4n) is 2.26. The molecule has 0 fully saturated rings. The van der Waals surface area contributed by atoms with E-state index < -0.39 is 0 Å². The first-order valence-corrected chi connectivity index (χ1v) is 7.52. The lowest BCUT2D eigenvalue weighted by molar-refractivity contribution is 0.142. The van der Waals surface area contributed by atoms with Crippen LogP contribution in [0.15, 0.2) is 18.6 Å². The zero-order valence-electron chi connectivity index (χ0n) is 13.2. The van der Waals surface area contributed by atoms with Gasteiger partial charge < -0.3 is 14.6 Å². The minimum atomic E-state index is 0.777. The van der Waals surface area contributed by atoms with Crippen LogP contribution in [0.3, 0.4) is 0 Å². The van der Waals surface area contributed by atoms with Crippen LogP contribution in [-0.2, 0) is 24.8 Å². The molecule has 6 nitrogen and oxygen atoms in total. The average molecular weight is 291 g/mol. The molecule has 0 spiro atoms. The summed E-state index contributed by atoms with van der Waals surface area (Å²) < 4.78 is 9.37. The van der Waals surface area contributed by atoms with E-state index in [1.54, 1.807) is 0 Å². The molecule has 0 aliphatic rings. The van der Waals surface area contributed by atoms with E-state index in [9.17, 15) is 0 Å². The normalized spacial score (nSPS) is 11.0. The highest BCUT2D eigenvalue weighted by Gasteiger charge is 2.05. The van der Waals surface area contributed by atoms with Gasteiger partial charge in [-0.15, -0.1) is 0 Å². The number of aromatic nitrogens is 4. The largest absolute Gasteiger partial charge is 0.382 e. The first kappa shape index (κ1) is 15.6. The number of nitrogens with one attached hydrogen (secondary N) is 1. The van der Waals surface area contributed by atoms with Crippen LogP contribution in [0, 0.1) is 6.92 Å². The molecule has 6 heteroatoms. The van der Waals surface area contributed by atoms with Gasteiger partial charge in [0.05, 0.1) is 11.9 Å². The van der Waals surface area contributed by atoms with Crippen molar-refractivity contribution >= 4 is 5.95 Å². The Morgan fingerprint density at radius 3 is 2.90 bits per heavy atom. The van der Waals surface area contributed by atoms with Crippen molar-refractivity contribution < 1.29 is 4.74 Å². The summed E-state index contributed by atoms with van der Waals surface area (Å²) in [5.41, 5.74) is 2.27. The molecule has 0 unspecified atom stereocenters. The zero-order valence-corrected chi connectivity index (χ0v) is 13.2. The number of rotatable bonds is 9. The summed E-state index contributed by atoms with van der Waals surface area (Å²) in [5, 5.41) is 7.58. The fraction of sp³-hybridized carbons (Fsp3) is 0.600. The Kier molecular flexibility index (Phi) is 5.80. The number of nitrogens with zero attached hydrogens (tertiary/aromatic N) is 4. The van der Waals surface area contributed by atoms with Crippen LogP contribution in [0.4, 0.5) is 5.95 Å². The van der Waals surface area contributed by atoms with Crippen LogP contribution in [0.2, 0.25) is 0 Å². The van der Waals surface area contributed by atoms with Gasteiger partial charge in [0.1, 0.15) is 0 Å². The summed E-state index contributed by atoms with van der Waals surface area (Å²) in [7, 11) is 1.94. The first-order valence-electron chi connectivity index (χ1n) is 7.52. The Morgan fingerprint density at radius 2 is 2.19 bits per heavy atom. The lowest BCUT2D eigenvalue weighted by atomic mass is 10.2. The Morgan fingerprint density at radius 1 is 1.33 bits per heavy atom. The Bertz CT molecular complexity index is 546. The number of anilines is 1. The second-order valence-corrected chi connectivity index (χ2v) is 5.15. The predicted molar refractivity (Wildman–Crippen MR) is 83.5 cm³/mol. The molecule has 21 heavy (non-hydrogen) atoms. The van der Waals surface area contributed by atoms with Gasteiger partial charge in [0, 0.05) is 45.7 Å². The third-order valence-corrected chi connectivity index (χ3v) is 3.24. The van der Waals surface area contributed by atoms with Crippen LogP contribution >= 0.6 is 0 Å². The third kappa shape index (κ3) is 4.90. The monoisotopic (exact) mass is 291 g/mol. The maximum Gasteiger partial charge on any atom is 0.203 e. The third-order valence-electron chi connectivity index (χ3n) is 3.24. The van der Waals surface area contributed by atoms with Crippen molar-refractivity contribution in [3.63, 3.8) is 0 Å². The lowest BCUT2D eigenvalue weighted by Gasteiger charge is -2.09. The van der Waals surface area contributed by atoms with Gasteiger partial charge in [-0.1, -0.05) is 0 Å². The van der Waals surface area contributed by atoms with Gasteiger partial charge in [-0.05, 0) is 32.3 Å². The van der Waals surface area contributed by atoms with E-state index in [1.807, 2.05) is 38.0 Å². The molecule has 116 valence electrons. The van der Waals surface area contributed by atoms with Gasteiger partial charge in [-0.25, -0.2) is 4.98 Å². The van der Waals surface area contributed by atoms with Crippen LogP contribution in [-0.4, -0.2) is 39.1 Å². The van der Waals surface area contributed by atoms with Crippen molar-refractivity contribution in [3.05, 3.63) is 29.8 Å². The van der Waals surface area contributed by atoms with E-state index in [0.29, 0.717) is 0 Å². The highest BCUT2D eigenvalue weighted by atomic mass is 16.5. The van der Waals surface area contributed by atoms with E-state index in [0.717, 1.165) is 50.8 Å². The van der Waals surface area contributed by atoms with Crippen molar-refractivity contribution in [3.8, 4) is 0 Å². The molecule has 0 aromatic carbocycles. The zero-order chi connectivity index (χ0) is 15.1. The first-order chi connectivity index (χ1) is 10.2. The molecule has 2 aromatic rings. The minimum Gasteiger partial charge on any atom is -0.382 e. The van der Waals surface area contributed by atoms with E-state index in [2.05, 4.69) is 26.2 Å². The molecule has 0 aliphatic carbocycles. The molecule has 0 atom stereocenters. The van der Waals surface area contributed by atoms with Gasteiger partial charge in [-0.3, -0.25) is 4.68 Å². The second-order valence-electron chi connectivity index (χ2n) is 5.15. The van der Waals surface area contributed by atoms with Gasteiger partial charge >= 0.3 is 0 Å². The fourth-order valence-corrected chi connectivity index (χ4v) is 2.26. The number of imidazole rings is 1. The summed E-state index contributed by atoms with van der Waals surface area (Å²) in [4.78, 5) is 4.54. The average Bonchev–Trinajstić information content (AvgIpc) is 3.01. The van der Waals surface area contributed by atoms with Crippen LogP contribution < -0.4 is 5.32 Å². The highest BCUT2D eigenvalue weighted by molar-refractivity contribution is 5.29. The van der Waals surface area contributed by atoms with Crippen LogP contribution in [0.5, 0.6) is 0 Å². The van der Waals surface area contributed by atoms with E-state index >= 15 is 0 Å². The van der Waals surface area contributed by atoms with Crippen molar-refractivity contribution in [1.29, 1.82) is 0 Å². The maximum atomic E-state index is 5.38. The molecular weight excluding hydrogens is 266 g/mol. The van der Waals surface area contributed by atoms with Crippen molar-refractivity contribution in [1.82, 2.24) is 19.3 Å². The predicted octanol–water partition coefficient (Wildman–Crippen LogP) is 2.01. The Balaban J connectivity index is 1.81. The molecule has 0 saturated carbocycles. The molecular formula is C15H25N5O. The summed E-state index contributed by atoms with van der Waals surface area (Å²) >= 11 is 0. The highest BCUT2D eigenvalue weighted by Crippen LogP contribution is 2.10. The van der Waals surface area contributed by atoms with Crippen LogP contribution in [0.1, 0.15) is 24.6 Å². The van der Waals surface area contributed by atoms with Crippen LogP contribution in [0.25, 0.3) is 0 Å². The standard InChI is InChI=1S/C15H25N5O/c1-4-21-9-5-8-20-11-13(2)18-15(20)16-7-6-14-10-17-19(3)12-14/h10-12H,4-9H2,1-3H3,(H,16,18). The molecule has 1 N–H and O–H groups in total. The number of ether oxygens (including phenoxy) is 1. The molecule has 0 amide bonds. The Hall–Kier alpha value is -1.82. The molecule has 0 saturated heterocycles. The quantitative estimate of drug-likeness (QED) is 0.718. The molecule has 0 radical (unpaired) electrons. The van der Waals surface area contributed by atoms with Gasteiger partial charge in [-0.2, -0.15) is 5.10 Å². The summed E-state index contributed by atoms with van der Waals surface area (Å²) in [5.74, 6) is 0.938. The minimum absolute atomic E-state index is 0.777. The smallest absolute Gasteiger partial charge is 0.203 e. The summed E-state index contributed by atoms with van der Waals surface area (Å²) in [6.45, 7) is 7.39. The van der Waals surface area contributed by atoms with Crippen molar-refractivity contribution in [2.24, 2.45) is 7.05 Å². The Labute approximate surface area is 126 Å². The summed E-state index contributed by atoms with van der Waals surface area (Å²) in [6, 6.07) is 0. The van der Waals surface area contributed by atoms with Gasteiger partial charge in [0.25, 0.3) is 0 Å². The molecule has 2 heterocycles. The van der Waals surface area contributed by atoms with E-state index in [1.165, 1.54) is 5.56 Å². The van der Waals surface area contributed by atoms with Gasteiger partial charge in [0.2, 0.25) is 5.95 Å². The number of hydrogen-bond donors (Lipinski definition) is 1.